The van der Waals surface area contributed by atoms with Gasteiger partial charge in [-0.25, -0.2) is 0 Å². The van der Waals surface area contributed by atoms with Crippen molar-refractivity contribution < 1.29 is 14.6 Å². The van der Waals surface area contributed by atoms with E-state index in [1.165, 1.54) is 0 Å². The molecule has 2 rings (SSSR count). The molecule has 112 valence electrons. The van der Waals surface area contributed by atoms with E-state index in [2.05, 4.69) is 11.8 Å². The molecular formula is C16H25NO3. The van der Waals surface area contributed by atoms with Gasteiger partial charge in [-0.1, -0.05) is 6.92 Å². The third kappa shape index (κ3) is 3.87. The molecule has 0 aliphatic carbocycles. The second-order valence-electron chi connectivity index (χ2n) is 5.30. The van der Waals surface area contributed by atoms with E-state index in [4.69, 9.17) is 9.47 Å². The van der Waals surface area contributed by atoms with Crippen LogP contribution in [0.25, 0.3) is 0 Å². The zero-order chi connectivity index (χ0) is 14.4. The minimum atomic E-state index is 0.240. The van der Waals surface area contributed by atoms with Crippen molar-refractivity contribution in [3.8, 4) is 11.5 Å². The van der Waals surface area contributed by atoms with Gasteiger partial charge in [-0.3, -0.25) is 4.90 Å². The van der Waals surface area contributed by atoms with Crippen molar-refractivity contribution in [3.63, 3.8) is 0 Å². The highest BCUT2D eigenvalue weighted by atomic mass is 16.5. The van der Waals surface area contributed by atoms with Crippen molar-refractivity contribution in [1.82, 2.24) is 4.90 Å². The van der Waals surface area contributed by atoms with Gasteiger partial charge in [-0.05, 0) is 50.1 Å². The predicted molar refractivity (Wildman–Crippen MR) is 79.3 cm³/mol. The molecule has 1 fully saturated rings. The second kappa shape index (κ2) is 7.50. The molecule has 1 aromatic rings. The van der Waals surface area contributed by atoms with Crippen LogP contribution in [0.3, 0.4) is 0 Å². The average molecular weight is 279 g/mol. The number of ether oxygens (including phenoxy) is 2. The van der Waals surface area contributed by atoms with Crippen molar-refractivity contribution >= 4 is 0 Å². The Morgan fingerprint density at radius 2 is 1.85 bits per heavy atom. The van der Waals surface area contributed by atoms with Crippen LogP contribution in [0.2, 0.25) is 0 Å². The van der Waals surface area contributed by atoms with Gasteiger partial charge < -0.3 is 14.6 Å². The van der Waals surface area contributed by atoms with E-state index < -0.39 is 0 Å². The number of rotatable bonds is 7. The lowest BCUT2D eigenvalue weighted by Crippen LogP contribution is -2.37. The number of hydrogen-bond donors (Lipinski definition) is 1. The minimum absolute atomic E-state index is 0.240. The molecule has 1 heterocycles. The largest absolute Gasteiger partial charge is 0.494 e. The molecule has 0 amide bonds. The monoisotopic (exact) mass is 279 g/mol. The highest BCUT2D eigenvalue weighted by Gasteiger charge is 2.29. The van der Waals surface area contributed by atoms with Gasteiger partial charge >= 0.3 is 0 Å². The Morgan fingerprint density at radius 1 is 1.20 bits per heavy atom. The Labute approximate surface area is 121 Å². The molecule has 0 bridgehead atoms. The molecule has 0 saturated carbocycles. The molecule has 0 aromatic heterocycles. The number of benzene rings is 1. The number of likely N-dealkylation sites (tertiary alicyclic amines) is 1. The lowest BCUT2D eigenvalue weighted by atomic mass is 10.0. The quantitative estimate of drug-likeness (QED) is 0.830. The predicted octanol–water partition coefficient (Wildman–Crippen LogP) is 2.17. The topological polar surface area (TPSA) is 41.9 Å². The van der Waals surface area contributed by atoms with Crippen LogP contribution in [0.1, 0.15) is 20.3 Å². The van der Waals surface area contributed by atoms with Crippen molar-refractivity contribution in [1.29, 1.82) is 0 Å². The minimum Gasteiger partial charge on any atom is -0.494 e. The Kier molecular flexibility index (Phi) is 5.68. The van der Waals surface area contributed by atoms with E-state index in [0.717, 1.165) is 31.0 Å². The number of hydrogen-bond acceptors (Lipinski definition) is 4. The lowest BCUT2D eigenvalue weighted by molar-refractivity contribution is 0.123. The van der Waals surface area contributed by atoms with Crippen LogP contribution >= 0.6 is 0 Å². The summed E-state index contributed by atoms with van der Waals surface area (Å²) in [6, 6.07) is 8.00. The maximum absolute atomic E-state index is 9.41. The molecule has 0 spiro atoms. The molecule has 1 aromatic carbocycles. The van der Waals surface area contributed by atoms with Crippen LogP contribution in [0, 0.1) is 5.92 Å². The molecule has 2 unspecified atom stereocenters. The Morgan fingerprint density at radius 3 is 2.45 bits per heavy atom. The summed E-state index contributed by atoms with van der Waals surface area (Å²) in [7, 11) is 0. The normalized spacial score (nSPS) is 22.9. The smallest absolute Gasteiger partial charge is 0.119 e. The zero-order valence-electron chi connectivity index (χ0n) is 12.4. The first-order valence-electron chi connectivity index (χ1n) is 7.45. The highest BCUT2D eigenvalue weighted by Crippen LogP contribution is 2.23. The van der Waals surface area contributed by atoms with E-state index in [-0.39, 0.29) is 6.61 Å². The van der Waals surface area contributed by atoms with E-state index in [1.807, 2.05) is 31.2 Å². The summed E-state index contributed by atoms with van der Waals surface area (Å²) in [6.07, 6.45) is 1.16. The maximum atomic E-state index is 9.41. The third-order valence-electron chi connectivity index (χ3n) is 3.97. The van der Waals surface area contributed by atoms with Crippen molar-refractivity contribution in [2.45, 2.75) is 26.3 Å². The fraction of sp³-hybridized carbons (Fsp3) is 0.625. The van der Waals surface area contributed by atoms with Crippen LogP contribution in [0.5, 0.6) is 11.5 Å². The van der Waals surface area contributed by atoms with Gasteiger partial charge in [0.2, 0.25) is 0 Å². The van der Waals surface area contributed by atoms with Gasteiger partial charge in [0.05, 0.1) is 13.2 Å². The molecular weight excluding hydrogens is 254 g/mol. The zero-order valence-corrected chi connectivity index (χ0v) is 12.4. The van der Waals surface area contributed by atoms with Crippen molar-refractivity contribution in [2.24, 2.45) is 5.92 Å². The summed E-state index contributed by atoms with van der Waals surface area (Å²) in [5.41, 5.74) is 0. The first-order chi connectivity index (χ1) is 9.74. The molecule has 4 heteroatoms. The summed E-state index contributed by atoms with van der Waals surface area (Å²) >= 11 is 0. The number of nitrogens with zero attached hydrogens (tertiary/aromatic N) is 1. The fourth-order valence-electron chi connectivity index (χ4n) is 2.74. The van der Waals surface area contributed by atoms with E-state index in [9.17, 15) is 5.11 Å². The van der Waals surface area contributed by atoms with Crippen molar-refractivity contribution in [3.05, 3.63) is 24.3 Å². The second-order valence-corrected chi connectivity index (χ2v) is 5.30. The summed E-state index contributed by atoms with van der Waals surface area (Å²) in [4.78, 5) is 2.32. The van der Waals surface area contributed by atoms with Crippen molar-refractivity contribution in [2.75, 3.05) is 32.9 Å². The number of aliphatic hydroxyl groups is 1. The maximum Gasteiger partial charge on any atom is 0.119 e. The van der Waals surface area contributed by atoms with E-state index >= 15 is 0 Å². The number of aliphatic hydroxyl groups excluding tert-OH is 1. The van der Waals surface area contributed by atoms with Gasteiger partial charge in [0.25, 0.3) is 0 Å². The molecule has 1 aliphatic heterocycles. The highest BCUT2D eigenvalue weighted by molar-refractivity contribution is 5.31. The SMILES string of the molecule is CCOc1ccc(OCCN2CCC(C)C2CO)cc1. The summed E-state index contributed by atoms with van der Waals surface area (Å²) in [6.45, 7) is 7.66. The van der Waals surface area contributed by atoms with Crippen LogP contribution in [-0.2, 0) is 0 Å². The van der Waals surface area contributed by atoms with Crippen LogP contribution in [-0.4, -0.2) is 49.0 Å². The first-order valence-corrected chi connectivity index (χ1v) is 7.45. The Hall–Kier alpha value is -1.26. The first kappa shape index (κ1) is 15.1. The Bertz CT molecular complexity index is 393. The molecule has 1 N–H and O–H groups in total. The van der Waals surface area contributed by atoms with E-state index in [0.29, 0.717) is 25.2 Å². The molecule has 1 saturated heterocycles. The summed E-state index contributed by atoms with van der Waals surface area (Å²) < 4.78 is 11.1. The van der Waals surface area contributed by atoms with Crippen LogP contribution in [0.15, 0.2) is 24.3 Å². The third-order valence-corrected chi connectivity index (χ3v) is 3.97. The molecule has 1 aliphatic rings. The van der Waals surface area contributed by atoms with Gasteiger partial charge in [-0.15, -0.1) is 0 Å². The Balaban J connectivity index is 1.75. The van der Waals surface area contributed by atoms with Gasteiger partial charge in [0.15, 0.2) is 0 Å². The van der Waals surface area contributed by atoms with Gasteiger partial charge in [0, 0.05) is 12.6 Å². The standard InChI is InChI=1S/C16H25NO3/c1-3-19-14-4-6-15(7-5-14)20-11-10-17-9-8-13(2)16(17)12-18/h4-7,13,16,18H,3,8-12H2,1-2H3. The molecule has 20 heavy (non-hydrogen) atoms. The molecule has 0 radical (unpaired) electrons. The fourth-order valence-corrected chi connectivity index (χ4v) is 2.74. The summed E-state index contributed by atoms with van der Waals surface area (Å²) in [5.74, 6) is 2.31. The molecule has 4 nitrogen and oxygen atoms in total. The average Bonchev–Trinajstić information content (AvgIpc) is 2.81. The van der Waals surface area contributed by atoms with Crippen LogP contribution in [0.4, 0.5) is 0 Å². The van der Waals surface area contributed by atoms with Crippen LogP contribution < -0.4 is 9.47 Å². The lowest BCUT2D eigenvalue weighted by Gasteiger charge is -2.24. The van der Waals surface area contributed by atoms with Gasteiger partial charge in [0.1, 0.15) is 18.1 Å². The summed E-state index contributed by atoms with van der Waals surface area (Å²) in [5, 5.41) is 9.41. The van der Waals surface area contributed by atoms with Gasteiger partial charge in [-0.2, -0.15) is 0 Å². The van der Waals surface area contributed by atoms with E-state index in [1.54, 1.807) is 0 Å². The molecule has 2 atom stereocenters.